The van der Waals surface area contributed by atoms with Gasteiger partial charge in [0.05, 0.1) is 0 Å². The first-order valence-corrected chi connectivity index (χ1v) is 36.8. The minimum Gasteiger partial charge on any atom is -0.462 e. The number of carbonyl (C=O) groups is 3. The van der Waals surface area contributed by atoms with Crippen LogP contribution in [0.1, 0.15) is 393 Å². The van der Waals surface area contributed by atoms with Crippen LogP contribution in [0.15, 0.2) is 60.8 Å². The molecule has 0 amide bonds. The van der Waals surface area contributed by atoms with E-state index in [4.69, 9.17) is 14.2 Å². The molecule has 0 aliphatic heterocycles. The summed E-state index contributed by atoms with van der Waals surface area (Å²) >= 11 is 0. The van der Waals surface area contributed by atoms with Gasteiger partial charge in [0.25, 0.3) is 0 Å². The molecular formula is C77H140O6. The third-order valence-electron chi connectivity index (χ3n) is 16.5. The molecule has 484 valence electrons. The summed E-state index contributed by atoms with van der Waals surface area (Å²) in [7, 11) is 0. The molecule has 0 aliphatic rings. The van der Waals surface area contributed by atoms with E-state index >= 15 is 0 Å². The van der Waals surface area contributed by atoms with Crippen LogP contribution in [-0.4, -0.2) is 37.2 Å². The Balaban J connectivity index is 4.31. The number of hydrogen-bond acceptors (Lipinski definition) is 6. The summed E-state index contributed by atoms with van der Waals surface area (Å²) in [5.41, 5.74) is 0. The Hall–Kier alpha value is -2.89. The molecule has 1 atom stereocenters. The van der Waals surface area contributed by atoms with Crippen LogP contribution in [0.2, 0.25) is 0 Å². The Kier molecular flexibility index (Phi) is 69.1. The Morgan fingerprint density at radius 3 is 0.687 bits per heavy atom. The number of allylic oxidation sites excluding steroid dienone is 10. The summed E-state index contributed by atoms with van der Waals surface area (Å²) in [4.78, 5) is 38.5. The van der Waals surface area contributed by atoms with Crippen molar-refractivity contribution in [2.24, 2.45) is 0 Å². The lowest BCUT2D eigenvalue weighted by molar-refractivity contribution is -0.167. The largest absolute Gasteiger partial charge is 0.462 e. The predicted octanol–water partition coefficient (Wildman–Crippen LogP) is 25.5. The van der Waals surface area contributed by atoms with E-state index in [1.807, 2.05) is 0 Å². The lowest BCUT2D eigenvalue weighted by Gasteiger charge is -2.18. The molecule has 0 saturated carbocycles. The number of unbranched alkanes of at least 4 members (excludes halogenated alkanes) is 47. The van der Waals surface area contributed by atoms with Crippen molar-refractivity contribution in [3.63, 3.8) is 0 Å². The highest BCUT2D eigenvalue weighted by molar-refractivity contribution is 5.71. The van der Waals surface area contributed by atoms with Gasteiger partial charge in [0.15, 0.2) is 6.10 Å². The average molecular weight is 1160 g/mol. The lowest BCUT2D eigenvalue weighted by atomic mass is 10.0. The Morgan fingerprint density at radius 2 is 0.434 bits per heavy atom. The number of hydrogen-bond donors (Lipinski definition) is 0. The quantitative estimate of drug-likeness (QED) is 0.0261. The molecular weight excluding hydrogens is 1020 g/mol. The normalized spacial score (nSPS) is 12.4. The zero-order chi connectivity index (χ0) is 59.9. The van der Waals surface area contributed by atoms with E-state index in [1.54, 1.807) is 0 Å². The summed E-state index contributed by atoms with van der Waals surface area (Å²) in [6, 6.07) is 0. The van der Waals surface area contributed by atoms with Crippen molar-refractivity contribution in [1.82, 2.24) is 0 Å². The van der Waals surface area contributed by atoms with E-state index in [0.717, 1.165) is 70.6 Å². The number of ether oxygens (including phenoxy) is 3. The summed E-state index contributed by atoms with van der Waals surface area (Å²) < 4.78 is 17.0. The number of esters is 3. The second kappa shape index (κ2) is 71.6. The number of carbonyl (C=O) groups excluding carboxylic acids is 3. The molecule has 83 heavy (non-hydrogen) atoms. The second-order valence-corrected chi connectivity index (χ2v) is 24.8. The smallest absolute Gasteiger partial charge is 0.306 e. The zero-order valence-corrected chi connectivity index (χ0v) is 55.7. The topological polar surface area (TPSA) is 78.9 Å². The summed E-state index contributed by atoms with van der Waals surface area (Å²) in [5, 5.41) is 0. The zero-order valence-electron chi connectivity index (χ0n) is 55.7. The molecule has 0 aromatic rings. The molecule has 0 bridgehead atoms. The molecule has 0 N–H and O–H groups in total. The highest BCUT2D eigenvalue weighted by atomic mass is 16.6. The van der Waals surface area contributed by atoms with Crippen LogP contribution in [0.25, 0.3) is 0 Å². The molecule has 0 aliphatic carbocycles. The maximum Gasteiger partial charge on any atom is 0.306 e. The van der Waals surface area contributed by atoms with E-state index in [1.165, 1.54) is 283 Å². The first-order chi connectivity index (χ1) is 41.0. The minimum absolute atomic E-state index is 0.0733. The Labute approximate surface area is 517 Å². The third-order valence-corrected chi connectivity index (χ3v) is 16.5. The fourth-order valence-electron chi connectivity index (χ4n) is 10.9. The monoisotopic (exact) mass is 1160 g/mol. The average Bonchev–Trinajstić information content (AvgIpc) is 3.50. The van der Waals surface area contributed by atoms with Gasteiger partial charge >= 0.3 is 17.9 Å². The van der Waals surface area contributed by atoms with E-state index in [0.29, 0.717) is 19.3 Å². The van der Waals surface area contributed by atoms with Crippen LogP contribution in [0, 0.1) is 0 Å². The van der Waals surface area contributed by atoms with Crippen LogP contribution < -0.4 is 0 Å². The molecule has 0 fully saturated rings. The van der Waals surface area contributed by atoms with Gasteiger partial charge in [0, 0.05) is 19.3 Å². The van der Waals surface area contributed by atoms with Gasteiger partial charge in [-0.15, -0.1) is 0 Å². The maximum absolute atomic E-state index is 13.0. The standard InChI is InChI=1S/C77H140O6/c1-4-7-10-13-16-19-22-25-28-31-34-35-36-37-38-39-40-41-44-46-49-52-55-58-61-64-67-70-76(79)82-73-74(83-77(80)71-68-65-62-59-56-53-50-47-43-33-30-27-24-21-18-15-12-9-6-3)72-81-75(78)69-66-63-60-57-54-51-48-45-42-32-29-26-23-20-17-14-11-8-5-2/h22,25-27,29-31,34,36-37,74H,4-21,23-24,28,32-33,35,38-73H2,1-3H3/b25-22-,29-26-,30-27-,34-31-,37-36-. The van der Waals surface area contributed by atoms with Crippen LogP contribution in [0.3, 0.4) is 0 Å². The maximum atomic E-state index is 13.0. The lowest BCUT2D eigenvalue weighted by Crippen LogP contribution is -2.30. The second-order valence-electron chi connectivity index (χ2n) is 24.8. The first kappa shape index (κ1) is 80.1. The fraction of sp³-hybridized carbons (Fsp3) is 0.831. The van der Waals surface area contributed by atoms with Crippen LogP contribution in [0.4, 0.5) is 0 Å². The van der Waals surface area contributed by atoms with Crippen molar-refractivity contribution in [3.05, 3.63) is 60.8 Å². The first-order valence-electron chi connectivity index (χ1n) is 36.8. The summed E-state index contributed by atoms with van der Waals surface area (Å²) in [5.74, 6) is -0.853. The van der Waals surface area contributed by atoms with Gasteiger partial charge in [-0.1, -0.05) is 326 Å². The van der Waals surface area contributed by atoms with Gasteiger partial charge in [0.1, 0.15) is 13.2 Å². The summed E-state index contributed by atoms with van der Waals surface area (Å²) in [6.07, 6.45) is 92.4. The van der Waals surface area contributed by atoms with Gasteiger partial charge in [-0.3, -0.25) is 14.4 Å². The predicted molar refractivity (Wildman–Crippen MR) is 362 cm³/mol. The highest BCUT2D eigenvalue weighted by Gasteiger charge is 2.19. The van der Waals surface area contributed by atoms with Crippen LogP contribution in [-0.2, 0) is 28.6 Å². The van der Waals surface area contributed by atoms with Crippen LogP contribution >= 0.6 is 0 Å². The number of rotatable bonds is 68. The molecule has 0 radical (unpaired) electrons. The molecule has 6 nitrogen and oxygen atoms in total. The van der Waals surface area contributed by atoms with Crippen molar-refractivity contribution < 1.29 is 28.6 Å². The van der Waals surface area contributed by atoms with Crippen molar-refractivity contribution in [3.8, 4) is 0 Å². The van der Waals surface area contributed by atoms with E-state index in [9.17, 15) is 14.4 Å². The van der Waals surface area contributed by atoms with Crippen LogP contribution in [0.5, 0.6) is 0 Å². The molecule has 0 saturated heterocycles. The molecule has 0 rings (SSSR count). The van der Waals surface area contributed by atoms with Crippen molar-refractivity contribution in [2.45, 2.75) is 399 Å². The van der Waals surface area contributed by atoms with E-state index < -0.39 is 6.10 Å². The summed E-state index contributed by atoms with van der Waals surface area (Å²) in [6.45, 7) is 6.68. The Morgan fingerprint density at radius 1 is 0.241 bits per heavy atom. The molecule has 0 spiro atoms. The minimum atomic E-state index is -0.778. The van der Waals surface area contributed by atoms with Gasteiger partial charge in [0.2, 0.25) is 0 Å². The van der Waals surface area contributed by atoms with Crippen molar-refractivity contribution in [2.75, 3.05) is 13.2 Å². The molecule has 6 heteroatoms. The fourth-order valence-corrected chi connectivity index (χ4v) is 10.9. The van der Waals surface area contributed by atoms with Gasteiger partial charge < -0.3 is 14.2 Å². The van der Waals surface area contributed by atoms with Gasteiger partial charge in [-0.25, -0.2) is 0 Å². The molecule has 0 aromatic carbocycles. The van der Waals surface area contributed by atoms with E-state index in [-0.39, 0.29) is 31.1 Å². The van der Waals surface area contributed by atoms with E-state index in [2.05, 4.69) is 81.5 Å². The van der Waals surface area contributed by atoms with Gasteiger partial charge in [-0.2, -0.15) is 0 Å². The Bertz CT molecular complexity index is 1470. The molecule has 0 heterocycles. The molecule has 1 unspecified atom stereocenters. The van der Waals surface area contributed by atoms with Crippen molar-refractivity contribution >= 4 is 17.9 Å². The van der Waals surface area contributed by atoms with Gasteiger partial charge in [-0.05, 0) is 109 Å². The third kappa shape index (κ3) is 69.8. The molecule has 0 aromatic heterocycles. The van der Waals surface area contributed by atoms with Crippen molar-refractivity contribution in [1.29, 1.82) is 0 Å². The highest BCUT2D eigenvalue weighted by Crippen LogP contribution is 2.18. The SMILES string of the molecule is CCCCCCC/C=C\C/C=C\C/C=C\CCCCCCCCCCCCCCC(=O)OCC(COC(=O)CCCCCCCCCCC/C=C\CCCCCCCC)OC(=O)CCCCCCCCCCC/C=C\CCCCCCCC.